The van der Waals surface area contributed by atoms with Gasteiger partial charge in [-0.05, 0) is 24.1 Å². The number of carbonyl (C=O) groups is 4. The fourth-order valence-electron chi connectivity index (χ4n) is 2.42. The molecule has 0 fully saturated rings. The molecule has 1 heterocycles. The normalized spacial score (nSPS) is 14.9. The molecule has 1 aliphatic rings. The molecular weight excluding hydrogens is 290 g/mol. The third kappa shape index (κ3) is 2.57. The maximum Gasteiger partial charge on any atom is 0.262 e. The van der Waals surface area contributed by atoms with E-state index >= 15 is 0 Å². The average Bonchev–Trinajstić information content (AvgIpc) is 2.72. The Morgan fingerprint density at radius 3 is 2.32 bits per heavy atom. The fourth-order valence-corrected chi connectivity index (χ4v) is 2.42. The van der Waals surface area contributed by atoms with Crippen LogP contribution in [0.25, 0.3) is 0 Å². The summed E-state index contributed by atoms with van der Waals surface area (Å²) >= 11 is 0. The van der Waals surface area contributed by atoms with Crippen molar-refractivity contribution in [3.05, 3.63) is 34.9 Å². The van der Waals surface area contributed by atoms with E-state index in [1.807, 2.05) is 6.92 Å². The van der Waals surface area contributed by atoms with Crippen LogP contribution in [0.15, 0.2) is 18.2 Å². The smallest absolute Gasteiger partial charge is 0.262 e. The predicted molar refractivity (Wildman–Crippen MR) is 69.6 cm³/mol. The molecule has 0 aromatic heterocycles. The molecule has 0 radical (unpaired) electrons. The van der Waals surface area contributed by atoms with Crippen LogP contribution >= 0.6 is 0 Å². The Kier molecular flexibility index (Phi) is 4.25. The summed E-state index contributed by atoms with van der Waals surface area (Å²) in [7, 11) is 0. The zero-order chi connectivity index (χ0) is 16.4. The molecule has 0 aliphatic carbocycles. The highest BCUT2D eigenvalue weighted by Gasteiger charge is 2.40. The standard InChI is InChI=1S/C15H15NO6/c1-2-3-4-11(15(21)22)16-12(17)9-6-5-8(14(19)20)7-10(9)13(16)18/h5-7,11H,2-4H2,1H3,(H,19,20)(H,21,22)/p-2/t11-/m0/s1. The molecule has 0 saturated heterocycles. The lowest BCUT2D eigenvalue weighted by Gasteiger charge is -2.26. The van der Waals surface area contributed by atoms with Gasteiger partial charge in [-0.3, -0.25) is 14.5 Å². The quantitative estimate of drug-likeness (QED) is 0.619. The van der Waals surface area contributed by atoms with Crippen LogP contribution in [-0.4, -0.2) is 34.7 Å². The van der Waals surface area contributed by atoms with Crippen molar-refractivity contribution in [2.75, 3.05) is 0 Å². The summed E-state index contributed by atoms with van der Waals surface area (Å²) in [5.41, 5.74) is -0.396. The average molecular weight is 303 g/mol. The van der Waals surface area contributed by atoms with Crippen LogP contribution in [0.1, 0.15) is 57.3 Å². The first-order valence-electron chi connectivity index (χ1n) is 6.82. The Balaban J connectivity index is 2.40. The number of nitrogens with zero attached hydrogens (tertiary/aromatic N) is 1. The van der Waals surface area contributed by atoms with Gasteiger partial charge in [0.05, 0.1) is 29.1 Å². The van der Waals surface area contributed by atoms with Gasteiger partial charge in [-0.25, -0.2) is 0 Å². The molecule has 2 amide bonds. The first kappa shape index (κ1) is 15.7. The van der Waals surface area contributed by atoms with Gasteiger partial charge in [0.1, 0.15) is 0 Å². The van der Waals surface area contributed by atoms with Crippen molar-refractivity contribution in [3.63, 3.8) is 0 Å². The molecule has 0 saturated carbocycles. The van der Waals surface area contributed by atoms with Crippen molar-refractivity contribution >= 4 is 23.8 Å². The maximum absolute atomic E-state index is 12.3. The number of hydrogen-bond acceptors (Lipinski definition) is 6. The number of amides is 2. The molecule has 1 aromatic carbocycles. The summed E-state index contributed by atoms with van der Waals surface area (Å²) in [5, 5.41) is 22.1. The van der Waals surface area contributed by atoms with Gasteiger partial charge in [0.15, 0.2) is 0 Å². The number of benzene rings is 1. The summed E-state index contributed by atoms with van der Waals surface area (Å²) in [6.07, 6.45) is 1.30. The number of aromatic carboxylic acids is 1. The summed E-state index contributed by atoms with van der Waals surface area (Å²) in [4.78, 5) is 47.3. The Labute approximate surface area is 126 Å². The lowest BCUT2D eigenvalue weighted by atomic mass is 10.1. The van der Waals surface area contributed by atoms with E-state index in [0.717, 1.165) is 12.1 Å². The highest BCUT2D eigenvalue weighted by Crippen LogP contribution is 2.27. The number of carbonyl (C=O) groups excluding carboxylic acids is 4. The lowest BCUT2D eigenvalue weighted by Crippen LogP contribution is -2.50. The van der Waals surface area contributed by atoms with Crippen LogP contribution < -0.4 is 10.2 Å². The van der Waals surface area contributed by atoms with E-state index in [1.165, 1.54) is 6.07 Å². The molecule has 0 N–H and O–H groups in total. The van der Waals surface area contributed by atoms with Crippen LogP contribution in [0.5, 0.6) is 0 Å². The zero-order valence-electron chi connectivity index (χ0n) is 11.8. The summed E-state index contributed by atoms with van der Waals surface area (Å²) in [6, 6.07) is 1.99. The first-order valence-corrected chi connectivity index (χ1v) is 6.82. The van der Waals surface area contributed by atoms with Gasteiger partial charge < -0.3 is 19.8 Å². The van der Waals surface area contributed by atoms with Crippen LogP contribution in [0.4, 0.5) is 0 Å². The van der Waals surface area contributed by atoms with Gasteiger partial charge in [0.25, 0.3) is 11.8 Å². The number of unbranched alkanes of at least 4 members (excludes halogenated alkanes) is 1. The van der Waals surface area contributed by atoms with Gasteiger partial charge in [-0.2, -0.15) is 0 Å². The minimum absolute atomic E-state index is 0.0160. The monoisotopic (exact) mass is 303 g/mol. The number of carboxylic acids is 2. The van der Waals surface area contributed by atoms with E-state index in [1.54, 1.807) is 0 Å². The first-order chi connectivity index (χ1) is 10.4. The van der Waals surface area contributed by atoms with Gasteiger partial charge in [-0.1, -0.05) is 25.8 Å². The highest BCUT2D eigenvalue weighted by atomic mass is 16.4. The number of aliphatic carboxylic acids is 1. The van der Waals surface area contributed by atoms with Crippen LogP contribution in [0.3, 0.4) is 0 Å². The van der Waals surface area contributed by atoms with E-state index < -0.39 is 29.8 Å². The van der Waals surface area contributed by atoms with E-state index in [0.29, 0.717) is 17.7 Å². The topological polar surface area (TPSA) is 118 Å². The maximum atomic E-state index is 12.3. The van der Waals surface area contributed by atoms with Crippen LogP contribution in [-0.2, 0) is 4.79 Å². The van der Waals surface area contributed by atoms with Crippen molar-refractivity contribution in [1.82, 2.24) is 4.90 Å². The van der Waals surface area contributed by atoms with E-state index in [2.05, 4.69) is 0 Å². The summed E-state index contributed by atoms with van der Waals surface area (Å²) in [6.45, 7) is 1.85. The Morgan fingerprint density at radius 1 is 1.14 bits per heavy atom. The molecule has 7 heteroatoms. The van der Waals surface area contributed by atoms with Crippen molar-refractivity contribution in [1.29, 1.82) is 0 Å². The minimum atomic E-state index is -1.51. The van der Waals surface area contributed by atoms with Crippen LogP contribution in [0.2, 0.25) is 0 Å². The largest absolute Gasteiger partial charge is 0.548 e. The third-order valence-electron chi connectivity index (χ3n) is 3.57. The van der Waals surface area contributed by atoms with E-state index in [9.17, 15) is 29.4 Å². The second-order valence-corrected chi connectivity index (χ2v) is 5.01. The van der Waals surface area contributed by atoms with E-state index in [4.69, 9.17) is 0 Å². The molecule has 116 valence electrons. The zero-order valence-corrected chi connectivity index (χ0v) is 11.8. The Bertz CT molecular complexity index is 666. The van der Waals surface area contributed by atoms with Gasteiger partial charge in [0, 0.05) is 0 Å². The molecule has 0 bridgehead atoms. The second kappa shape index (κ2) is 5.97. The molecule has 0 spiro atoms. The third-order valence-corrected chi connectivity index (χ3v) is 3.57. The molecule has 0 unspecified atom stereocenters. The number of rotatable bonds is 6. The fraction of sp³-hybridized carbons (Fsp3) is 0.333. The van der Waals surface area contributed by atoms with Gasteiger partial charge in [0.2, 0.25) is 0 Å². The van der Waals surface area contributed by atoms with Gasteiger partial charge in [-0.15, -0.1) is 0 Å². The lowest BCUT2D eigenvalue weighted by molar-refractivity contribution is -0.310. The summed E-state index contributed by atoms with van der Waals surface area (Å²) < 4.78 is 0. The number of fused-ring (bicyclic) bond motifs is 1. The number of carboxylic acid groups (broad SMARTS) is 2. The predicted octanol–water partition coefficient (Wildman–Crippen LogP) is -1.05. The van der Waals surface area contributed by atoms with E-state index in [-0.39, 0.29) is 23.1 Å². The van der Waals surface area contributed by atoms with Crippen LogP contribution in [0, 0.1) is 0 Å². The molecule has 2 rings (SSSR count). The Morgan fingerprint density at radius 2 is 1.77 bits per heavy atom. The number of hydrogen-bond donors (Lipinski definition) is 0. The van der Waals surface area contributed by atoms with Crippen molar-refractivity contribution in [2.24, 2.45) is 0 Å². The highest BCUT2D eigenvalue weighted by molar-refractivity contribution is 6.23. The second-order valence-electron chi connectivity index (χ2n) is 5.01. The molecule has 1 atom stereocenters. The molecule has 7 nitrogen and oxygen atoms in total. The molecule has 1 aliphatic heterocycles. The molecule has 1 aromatic rings. The minimum Gasteiger partial charge on any atom is -0.548 e. The van der Waals surface area contributed by atoms with Crippen molar-refractivity contribution in [2.45, 2.75) is 32.2 Å². The van der Waals surface area contributed by atoms with Crippen molar-refractivity contribution in [3.8, 4) is 0 Å². The molecule has 22 heavy (non-hydrogen) atoms. The van der Waals surface area contributed by atoms with Crippen molar-refractivity contribution < 1.29 is 29.4 Å². The summed E-state index contributed by atoms with van der Waals surface area (Å²) in [5.74, 6) is -4.57. The molecular formula is C15H13NO6-2. The SMILES string of the molecule is CCCC[C@@H](C(=O)[O-])N1C(=O)c2ccc(C(=O)[O-])cc2C1=O. The number of imide groups is 1. The Hall–Kier alpha value is -2.70. The van der Waals surface area contributed by atoms with Gasteiger partial charge >= 0.3 is 0 Å².